The van der Waals surface area contributed by atoms with Gasteiger partial charge in [-0.25, -0.2) is 4.98 Å². The molecule has 132 valence electrons. The van der Waals surface area contributed by atoms with Crippen molar-refractivity contribution in [1.29, 1.82) is 0 Å². The predicted molar refractivity (Wildman–Crippen MR) is 97.4 cm³/mol. The van der Waals surface area contributed by atoms with Gasteiger partial charge in [-0.2, -0.15) is 4.98 Å². The van der Waals surface area contributed by atoms with Gasteiger partial charge in [0.1, 0.15) is 12.4 Å². The Balaban J connectivity index is 1.64. The molecule has 0 atom stereocenters. The number of piperazine rings is 1. The molecular formula is C17H20ClN5O2. The van der Waals surface area contributed by atoms with Gasteiger partial charge in [-0.15, -0.1) is 0 Å². The van der Waals surface area contributed by atoms with Gasteiger partial charge in [0.15, 0.2) is 0 Å². The Labute approximate surface area is 151 Å². The fourth-order valence-corrected chi connectivity index (χ4v) is 2.82. The molecule has 0 unspecified atom stereocenters. The van der Waals surface area contributed by atoms with Crippen LogP contribution >= 0.6 is 11.6 Å². The van der Waals surface area contributed by atoms with E-state index in [2.05, 4.69) is 20.2 Å². The number of nitrogens with zero attached hydrogens (tertiary/aromatic N) is 4. The molecule has 8 heteroatoms. The number of benzene rings is 1. The maximum Gasteiger partial charge on any atom is 0.248 e. The highest BCUT2D eigenvalue weighted by Gasteiger charge is 2.22. The van der Waals surface area contributed by atoms with Crippen LogP contribution in [0.4, 0.5) is 17.5 Å². The van der Waals surface area contributed by atoms with Gasteiger partial charge in [-0.05, 0) is 18.2 Å². The molecule has 0 saturated carbocycles. The Hall–Kier alpha value is -2.38. The monoisotopic (exact) mass is 361 g/mol. The summed E-state index contributed by atoms with van der Waals surface area (Å²) in [5.41, 5.74) is 0.795. The summed E-state index contributed by atoms with van der Waals surface area (Å²) in [7, 11) is 1.53. The predicted octanol–water partition coefficient (Wildman–Crippen LogP) is 2.17. The van der Waals surface area contributed by atoms with Crippen LogP contribution < -0.4 is 10.2 Å². The highest BCUT2D eigenvalue weighted by Crippen LogP contribution is 2.24. The van der Waals surface area contributed by atoms with E-state index in [1.54, 1.807) is 17.2 Å². The summed E-state index contributed by atoms with van der Waals surface area (Å²) in [6.07, 6.45) is 1.71. The molecule has 1 aromatic carbocycles. The highest BCUT2D eigenvalue weighted by atomic mass is 35.5. The molecule has 1 N–H and O–H groups in total. The average Bonchev–Trinajstić information content (AvgIpc) is 2.64. The van der Waals surface area contributed by atoms with Crippen LogP contribution in [0.2, 0.25) is 5.02 Å². The fourth-order valence-electron chi connectivity index (χ4n) is 2.64. The first-order valence-corrected chi connectivity index (χ1v) is 8.41. The van der Waals surface area contributed by atoms with Crippen LogP contribution in [0.5, 0.6) is 0 Å². The van der Waals surface area contributed by atoms with Gasteiger partial charge < -0.3 is 19.9 Å². The summed E-state index contributed by atoms with van der Waals surface area (Å²) in [5, 5.41) is 3.84. The maximum absolute atomic E-state index is 11.9. The first kappa shape index (κ1) is 17.4. The molecule has 1 fully saturated rings. The number of hydrogen-bond acceptors (Lipinski definition) is 6. The second kappa shape index (κ2) is 8.13. The van der Waals surface area contributed by atoms with E-state index in [1.165, 1.54) is 7.11 Å². The van der Waals surface area contributed by atoms with Crippen LogP contribution in [0.1, 0.15) is 0 Å². The number of nitrogens with one attached hydrogen (secondary N) is 1. The number of rotatable bonds is 5. The number of hydrogen-bond donors (Lipinski definition) is 1. The van der Waals surface area contributed by atoms with Crippen LogP contribution in [-0.2, 0) is 9.53 Å². The minimum absolute atomic E-state index is 0.0113. The first-order chi connectivity index (χ1) is 12.2. The van der Waals surface area contributed by atoms with Crippen molar-refractivity contribution in [3.8, 4) is 0 Å². The van der Waals surface area contributed by atoms with Gasteiger partial charge in [0.2, 0.25) is 11.9 Å². The SMILES string of the molecule is COCC(=O)N1CCN(c2nccc(Nc3ccccc3Cl)n2)CC1. The number of halogens is 1. The van der Waals surface area contributed by atoms with Gasteiger partial charge in [0, 0.05) is 39.5 Å². The summed E-state index contributed by atoms with van der Waals surface area (Å²) in [4.78, 5) is 24.6. The summed E-state index contributed by atoms with van der Waals surface area (Å²) in [6, 6.07) is 9.30. The number of ether oxygens (including phenoxy) is 1. The highest BCUT2D eigenvalue weighted by molar-refractivity contribution is 6.33. The first-order valence-electron chi connectivity index (χ1n) is 8.03. The van der Waals surface area contributed by atoms with Crippen molar-refractivity contribution in [2.24, 2.45) is 0 Å². The van der Waals surface area contributed by atoms with Crippen molar-refractivity contribution in [3.63, 3.8) is 0 Å². The van der Waals surface area contributed by atoms with E-state index in [0.29, 0.717) is 43.0 Å². The fraction of sp³-hybridized carbons (Fsp3) is 0.353. The molecule has 1 aromatic heterocycles. The van der Waals surface area contributed by atoms with Gasteiger partial charge in [0.25, 0.3) is 0 Å². The molecule has 3 rings (SSSR count). The zero-order chi connectivity index (χ0) is 17.6. The Morgan fingerprint density at radius 2 is 2.00 bits per heavy atom. The zero-order valence-electron chi connectivity index (χ0n) is 14.0. The molecule has 1 aliphatic heterocycles. The molecule has 2 heterocycles. The molecule has 0 spiro atoms. The topological polar surface area (TPSA) is 70.6 Å². The van der Waals surface area contributed by atoms with Crippen molar-refractivity contribution >= 4 is 35.0 Å². The molecule has 7 nitrogen and oxygen atoms in total. The number of carbonyl (C=O) groups is 1. The van der Waals surface area contributed by atoms with Crippen LogP contribution in [-0.4, -0.2) is 60.7 Å². The summed E-state index contributed by atoms with van der Waals surface area (Å²) in [6.45, 7) is 2.76. The minimum Gasteiger partial charge on any atom is -0.375 e. The third kappa shape index (κ3) is 4.37. The second-order valence-electron chi connectivity index (χ2n) is 5.65. The van der Waals surface area contributed by atoms with Crippen molar-refractivity contribution < 1.29 is 9.53 Å². The number of amides is 1. The number of carbonyl (C=O) groups excluding carboxylic acids is 1. The lowest BCUT2D eigenvalue weighted by molar-refractivity contribution is -0.135. The molecular weight excluding hydrogens is 342 g/mol. The molecule has 0 aliphatic carbocycles. The van der Waals surface area contributed by atoms with Gasteiger partial charge in [-0.1, -0.05) is 23.7 Å². The molecule has 2 aromatic rings. The number of aromatic nitrogens is 2. The molecule has 25 heavy (non-hydrogen) atoms. The molecule has 0 bridgehead atoms. The van der Waals surface area contributed by atoms with E-state index in [9.17, 15) is 4.79 Å². The standard InChI is InChI=1S/C17H20ClN5O2/c1-25-12-16(24)22-8-10-23(11-9-22)17-19-7-6-15(21-17)20-14-5-3-2-4-13(14)18/h2-7H,8-12H2,1H3,(H,19,20,21). The van der Waals surface area contributed by atoms with E-state index in [0.717, 1.165) is 5.69 Å². The minimum atomic E-state index is 0.0113. The van der Waals surface area contributed by atoms with E-state index in [4.69, 9.17) is 16.3 Å². The maximum atomic E-state index is 11.9. The van der Waals surface area contributed by atoms with Crippen molar-refractivity contribution in [2.45, 2.75) is 0 Å². The lowest BCUT2D eigenvalue weighted by Gasteiger charge is -2.34. The summed E-state index contributed by atoms with van der Waals surface area (Å²) >= 11 is 6.17. The Morgan fingerprint density at radius 1 is 1.24 bits per heavy atom. The zero-order valence-corrected chi connectivity index (χ0v) is 14.7. The smallest absolute Gasteiger partial charge is 0.248 e. The molecule has 1 saturated heterocycles. The van der Waals surface area contributed by atoms with Crippen LogP contribution in [0.25, 0.3) is 0 Å². The third-order valence-corrected chi connectivity index (χ3v) is 4.29. The van der Waals surface area contributed by atoms with Gasteiger partial charge in [-0.3, -0.25) is 4.79 Å². The van der Waals surface area contributed by atoms with Crippen LogP contribution in [0.3, 0.4) is 0 Å². The van der Waals surface area contributed by atoms with E-state index in [1.807, 2.05) is 24.3 Å². The number of anilines is 3. The Morgan fingerprint density at radius 3 is 2.72 bits per heavy atom. The number of methoxy groups -OCH3 is 1. The van der Waals surface area contributed by atoms with Crippen LogP contribution in [0, 0.1) is 0 Å². The molecule has 0 radical (unpaired) electrons. The summed E-state index contributed by atoms with van der Waals surface area (Å²) < 4.78 is 4.90. The van der Waals surface area contributed by atoms with E-state index in [-0.39, 0.29) is 12.5 Å². The van der Waals surface area contributed by atoms with Crippen molar-refractivity contribution in [3.05, 3.63) is 41.6 Å². The Bertz CT molecular complexity index is 734. The second-order valence-corrected chi connectivity index (χ2v) is 6.05. The van der Waals surface area contributed by atoms with Gasteiger partial charge >= 0.3 is 0 Å². The van der Waals surface area contributed by atoms with Crippen molar-refractivity contribution in [2.75, 3.05) is 50.1 Å². The van der Waals surface area contributed by atoms with Crippen molar-refractivity contribution in [1.82, 2.24) is 14.9 Å². The molecule has 1 amide bonds. The largest absolute Gasteiger partial charge is 0.375 e. The normalized spacial score (nSPS) is 14.5. The van der Waals surface area contributed by atoms with E-state index >= 15 is 0 Å². The number of para-hydroxylation sites is 1. The Kier molecular flexibility index (Phi) is 5.67. The molecule has 1 aliphatic rings. The summed E-state index contributed by atoms with van der Waals surface area (Å²) in [5.74, 6) is 1.32. The van der Waals surface area contributed by atoms with Gasteiger partial charge in [0.05, 0.1) is 10.7 Å². The average molecular weight is 362 g/mol. The van der Waals surface area contributed by atoms with E-state index < -0.39 is 0 Å². The quantitative estimate of drug-likeness (QED) is 0.880. The van der Waals surface area contributed by atoms with Crippen LogP contribution in [0.15, 0.2) is 36.5 Å². The lowest BCUT2D eigenvalue weighted by atomic mass is 10.3. The third-order valence-electron chi connectivity index (χ3n) is 3.96. The lowest BCUT2D eigenvalue weighted by Crippen LogP contribution is -2.50.